The minimum Gasteiger partial charge on any atom is -0.356 e. The largest absolute Gasteiger partial charge is 0.356 e. The molecule has 1 saturated heterocycles. The lowest BCUT2D eigenvalue weighted by atomic mass is 9.83. The zero-order valence-electron chi connectivity index (χ0n) is 17.2. The van der Waals surface area contributed by atoms with Crippen LogP contribution in [0.4, 0.5) is 10.6 Å². The van der Waals surface area contributed by atoms with Crippen molar-refractivity contribution in [1.29, 1.82) is 0 Å². The standard InChI is InChI=1S/C21H33N5O/c1-5-17-14-19(23-15-22-17)25-12-8-18(9-13-25)24-20(27)26-10-6-16(7-11-26)21(2,3)4/h6,14-15,18H,5,7-13H2,1-4H3,(H,24,27). The number of rotatable bonds is 3. The predicted octanol–water partition coefficient (Wildman–Crippen LogP) is 3.40. The summed E-state index contributed by atoms with van der Waals surface area (Å²) in [6, 6.07) is 2.40. The summed E-state index contributed by atoms with van der Waals surface area (Å²) >= 11 is 0. The van der Waals surface area contributed by atoms with E-state index >= 15 is 0 Å². The third-order valence-electron chi connectivity index (χ3n) is 5.68. The summed E-state index contributed by atoms with van der Waals surface area (Å²) in [5.74, 6) is 1.00. The van der Waals surface area contributed by atoms with Crippen molar-refractivity contribution < 1.29 is 4.79 Å². The molecule has 3 heterocycles. The minimum atomic E-state index is 0.0768. The van der Waals surface area contributed by atoms with Gasteiger partial charge in [0.2, 0.25) is 0 Å². The lowest BCUT2D eigenvalue weighted by Crippen LogP contribution is -2.50. The monoisotopic (exact) mass is 371 g/mol. The van der Waals surface area contributed by atoms with E-state index < -0.39 is 0 Å². The van der Waals surface area contributed by atoms with Crippen molar-refractivity contribution in [3.05, 3.63) is 29.7 Å². The van der Waals surface area contributed by atoms with Crippen LogP contribution in [0.25, 0.3) is 0 Å². The maximum Gasteiger partial charge on any atom is 0.317 e. The molecule has 1 N–H and O–H groups in total. The molecule has 0 saturated carbocycles. The fourth-order valence-electron chi connectivity index (χ4n) is 3.81. The van der Waals surface area contributed by atoms with E-state index in [0.717, 1.165) is 63.4 Å². The van der Waals surface area contributed by atoms with Gasteiger partial charge in [-0.25, -0.2) is 14.8 Å². The number of hydrogen-bond donors (Lipinski definition) is 1. The van der Waals surface area contributed by atoms with Gasteiger partial charge in [-0.2, -0.15) is 0 Å². The highest BCUT2D eigenvalue weighted by Crippen LogP contribution is 2.30. The number of amides is 2. The first kappa shape index (κ1) is 19.6. The Labute approximate surface area is 163 Å². The van der Waals surface area contributed by atoms with Crippen molar-refractivity contribution in [1.82, 2.24) is 20.2 Å². The predicted molar refractivity (Wildman–Crippen MR) is 109 cm³/mol. The maximum absolute atomic E-state index is 12.6. The van der Waals surface area contributed by atoms with Crippen molar-refractivity contribution in [3.8, 4) is 0 Å². The van der Waals surface area contributed by atoms with Crippen molar-refractivity contribution in [2.45, 2.75) is 59.4 Å². The molecule has 0 radical (unpaired) electrons. The number of hydrogen-bond acceptors (Lipinski definition) is 4. The Balaban J connectivity index is 1.48. The Hall–Kier alpha value is -2.11. The molecule has 6 heteroatoms. The summed E-state index contributed by atoms with van der Waals surface area (Å²) in [5.41, 5.74) is 2.73. The van der Waals surface area contributed by atoms with Gasteiger partial charge in [0.1, 0.15) is 12.1 Å². The Morgan fingerprint density at radius 2 is 1.96 bits per heavy atom. The molecule has 1 aromatic heterocycles. The van der Waals surface area contributed by atoms with Crippen molar-refractivity contribution in [3.63, 3.8) is 0 Å². The second-order valence-electron chi connectivity index (χ2n) is 8.61. The molecule has 148 valence electrons. The molecule has 3 rings (SSSR count). The molecule has 0 atom stereocenters. The van der Waals surface area contributed by atoms with Gasteiger partial charge in [0, 0.05) is 44.0 Å². The molecule has 2 aliphatic heterocycles. The van der Waals surface area contributed by atoms with Gasteiger partial charge in [-0.05, 0) is 31.1 Å². The van der Waals surface area contributed by atoms with Crippen LogP contribution in [0.3, 0.4) is 0 Å². The highest BCUT2D eigenvalue weighted by atomic mass is 16.2. The average Bonchev–Trinajstić information content (AvgIpc) is 2.68. The van der Waals surface area contributed by atoms with Crippen LogP contribution in [0.2, 0.25) is 0 Å². The second kappa shape index (κ2) is 8.28. The Morgan fingerprint density at radius 1 is 1.22 bits per heavy atom. The van der Waals surface area contributed by atoms with E-state index in [4.69, 9.17) is 0 Å². The quantitative estimate of drug-likeness (QED) is 0.827. The van der Waals surface area contributed by atoms with Gasteiger partial charge in [0.05, 0.1) is 0 Å². The zero-order valence-corrected chi connectivity index (χ0v) is 17.2. The van der Waals surface area contributed by atoms with E-state index in [2.05, 4.69) is 60.0 Å². The summed E-state index contributed by atoms with van der Waals surface area (Å²) < 4.78 is 0. The molecule has 1 fully saturated rings. The molecule has 27 heavy (non-hydrogen) atoms. The molecular weight excluding hydrogens is 338 g/mol. The Bertz CT molecular complexity index is 686. The van der Waals surface area contributed by atoms with Gasteiger partial charge in [-0.15, -0.1) is 0 Å². The van der Waals surface area contributed by atoms with Crippen LogP contribution in [0, 0.1) is 5.41 Å². The Morgan fingerprint density at radius 3 is 2.56 bits per heavy atom. The summed E-state index contributed by atoms with van der Waals surface area (Å²) in [5, 5.41) is 3.24. The number of piperidine rings is 1. The zero-order chi connectivity index (χ0) is 19.4. The van der Waals surface area contributed by atoms with E-state index in [1.807, 2.05) is 4.90 Å². The van der Waals surface area contributed by atoms with Gasteiger partial charge >= 0.3 is 6.03 Å². The van der Waals surface area contributed by atoms with Crippen molar-refractivity contribution >= 4 is 11.8 Å². The lowest BCUT2D eigenvalue weighted by molar-refractivity contribution is 0.193. The highest BCUT2D eigenvalue weighted by molar-refractivity contribution is 5.75. The van der Waals surface area contributed by atoms with Crippen LogP contribution in [-0.2, 0) is 6.42 Å². The van der Waals surface area contributed by atoms with E-state index in [-0.39, 0.29) is 17.5 Å². The number of carbonyl (C=O) groups is 1. The minimum absolute atomic E-state index is 0.0768. The third kappa shape index (κ3) is 4.99. The van der Waals surface area contributed by atoms with Gasteiger partial charge in [0.15, 0.2) is 0 Å². The number of aryl methyl sites for hydroxylation is 1. The van der Waals surface area contributed by atoms with Crippen LogP contribution in [-0.4, -0.2) is 53.1 Å². The van der Waals surface area contributed by atoms with Gasteiger partial charge in [-0.3, -0.25) is 0 Å². The number of carbonyl (C=O) groups excluding carboxylic acids is 1. The molecule has 6 nitrogen and oxygen atoms in total. The van der Waals surface area contributed by atoms with Gasteiger partial charge < -0.3 is 15.1 Å². The first-order valence-corrected chi connectivity index (χ1v) is 10.2. The number of nitrogens with zero attached hydrogens (tertiary/aromatic N) is 4. The normalized spacial score (nSPS) is 19.0. The summed E-state index contributed by atoms with van der Waals surface area (Å²) in [6.45, 7) is 12.2. The first-order chi connectivity index (χ1) is 12.9. The summed E-state index contributed by atoms with van der Waals surface area (Å²) in [6.07, 6.45) is 7.68. The SMILES string of the molecule is CCc1cc(N2CCC(NC(=O)N3CC=C(C(C)(C)C)CC3)CC2)ncn1. The topological polar surface area (TPSA) is 61.4 Å². The number of urea groups is 1. The fraction of sp³-hybridized carbons (Fsp3) is 0.667. The number of nitrogens with one attached hydrogen (secondary N) is 1. The fourth-order valence-corrected chi connectivity index (χ4v) is 3.81. The molecule has 2 aliphatic rings. The van der Waals surface area contributed by atoms with Gasteiger partial charge in [-0.1, -0.05) is 39.3 Å². The van der Waals surface area contributed by atoms with Crippen LogP contribution >= 0.6 is 0 Å². The number of anilines is 1. The lowest BCUT2D eigenvalue weighted by Gasteiger charge is -2.36. The molecule has 2 amide bonds. The summed E-state index contributed by atoms with van der Waals surface area (Å²) in [7, 11) is 0. The van der Waals surface area contributed by atoms with Crippen molar-refractivity contribution in [2.75, 3.05) is 31.1 Å². The van der Waals surface area contributed by atoms with Crippen LogP contribution in [0.15, 0.2) is 24.0 Å². The van der Waals surface area contributed by atoms with Crippen molar-refractivity contribution in [2.24, 2.45) is 5.41 Å². The van der Waals surface area contributed by atoms with E-state index in [9.17, 15) is 4.79 Å². The number of aromatic nitrogens is 2. The molecular formula is C21H33N5O. The summed E-state index contributed by atoms with van der Waals surface area (Å²) in [4.78, 5) is 25.5. The second-order valence-corrected chi connectivity index (χ2v) is 8.61. The molecule has 0 unspecified atom stereocenters. The average molecular weight is 372 g/mol. The molecule has 0 spiro atoms. The maximum atomic E-state index is 12.6. The molecule has 0 bridgehead atoms. The van der Waals surface area contributed by atoms with E-state index in [1.54, 1.807) is 6.33 Å². The first-order valence-electron chi connectivity index (χ1n) is 10.2. The smallest absolute Gasteiger partial charge is 0.317 e. The van der Waals surface area contributed by atoms with E-state index in [1.165, 1.54) is 5.57 Å². The van der Waals surface area contributed by atoms with E-state index in [0.29, 0.717) is 0 Å². The highest BCUT2D eigenvalue weighted by Gasteiger charge is 2.26. The van der Waals surface area contributed by atoms with Gasteiger partial charge in [0.25, 0.3) is 0 Å². The Kier molecular flexibility index (Phi) is 6.02. The van der Waals surface area contributed by atoms with Crippen LogP contribution in [0.5, 0.6) is 0 Å². The third-order valence-corrected chi connectivity index (χ3v) is 5.68. The van der Waals surface area contributed by atoms with Crippen LogP contribution < -0.4 is 10.2 Å². The molecule has 0 aromatic carbocycles. The molecule has 1 aromatic rings. The molecule has 0 aliphatic carbocycles. The van der Waals surface area contributed by atoms with Crippen LogP contribution in [0.1, 0.15) is 52.7 Å².